The van der Waals surface area contributed by atoms with E-state index >= 15 is 0 Å². The van der Waals surface area contributed by atoms with Crippen molar-refractivity contribution in [2.45, 2.75) is 12.7 Å². The third kappa shape index (κ3) is 3.55. The highest BCUT2D eigenvalue weighted by Crippen LogP contribution is 2.20. The number of furan rings is 1. The van der Waals surface area contributed by atoms with Gasteiger partial charge in [0.2, 0.25) is 0 Å². The monoisotopic (exact) mass is 244 g/mol. The molecule has 0 fully saturated rings. The number of nitrogens with two attached hydrogens (primary N) is 1. The molecule has 0 aromatic carbocycles. The highest BCUT2D eigenvalue weighted by Gasteiger charge is 2.12. The van der Waals surface area contributed by atoms with Gasteiger partial charge >= 0.3 is 5.91 Å². The largest absolute Gasteiger partial charge is 0.456 e. The molecule has 0 unspecified atom stereocenters. The Bertz CT molecular complexity index is 352. The molecule has 0 atom stereocenters. The van der Waals surface area contributed by atoms with Crippen molar-refractivity contribution in [3.05, 3.63) is 23.2 Å². The van der Waals surface area contributed by atoms with Gasteiger partial charge in [0, 0.05) is 24.2 Å². The summed E-state index contributed by atoms with van der Waals surface area (Å²) >= 11 is 1.73. The molecule has 3 N–H and O–H groups in total. The van der Waals surface area contributed by atoms with Gasteiger partial charge in [0.1, 0.15) is 5.76 Å². The summed E-state index contributed by atoms with van der Waals surface area (Å²) in [5.41, 5.74) is 3.05. The van der Waals surface area contributed by atoms with Crippen molar-refractivity contribution in [2.24, 2.45) is 5.84 Å². The molecule has 0 aliphatic carbocycles. The van der Waals surface area contributed by atoms with Gasteiger partial charge in [-0.2, -0.15) is 11.8 Å². The normalized spacial score (nSPS) is 10.4. The van der Waals surface area contributed by atoms with Crippen LogP contribution < -0.4 is 11.3 Å². The molecule has 1 aromatic rings. The van der Waals surface area contributed by atoms with Gasteiger partial charge in [-0.3, -0.25) is 10.2 Å². The smallest absolute Gasteiger partial charge is 0.300 e. The van der Waals surface area contributed by atoms with Gasteiger partial charge in [0.05, 0.1) is 6.61 Å². The molecule has 90 valence electrons. The number of ether oxygens (including phenoxy) is 1. The van der Waals surface area contributed by atoms with Gasteiger partial charge in [-0.25, -0.2) is 5.84 Å². The average molecular weight is 244 g/mol. The number of thioether (sulfide) groups is 1. The van der Waals surface area contributed by atoms with Crippen molar-refractivity contribution in [3.8, 4) is 0 Å². The lowest BCUT2D eigenvalue weighted by Crippen LogP contribution is -2.29. The highest BCUT2D eigenvalue weighted by molar-refractivity contribution is 7.98. The van der Waals surface area contributed by atoms with Crippen LogP contribution in [0.3, 0.4) is 0 Å². The fourth-order valence-electron chi connectivity index (χ4n) is 1.17. The van der Waals surface area contributed by atoms with Crippen LogP contribution in [0.2, 0.25) is 0 Å². The lowest BCUT2D eigenvalue weighted by atomic mass is 10.3. The van der Waals surface area contributed by atoms with Crippen LogP contribution in [0.25, 0.3) is 0 Å². The predicted octanol–water partition coefficient (Wildman–Crippen LogP) is 1.07. The van der Waals surface area contributed by atoms with E-state index < -0.39 is 5.91 Å². The number of aryl methyl sites for hydroxylation is 1. The number of carbonyl (C=O) groups excluding carboxylic acids is 1. The van der Waals surface area contributed by atoms with E-state index in [1.807, 2.05) is 12.3 Å². The first-order chi connectivity index (χ1) is 7.69. The van der Waals surface area contributed by atoms with Gasteiger partial charge in [-0.05, 0) is 13.0 Å². The summed E-state index contributed by atoms with van der Waals surface area (Å²) in [6.45, 7) is 2.55. The van der Waals surface area contributed by atoms with Gasteiger partial charge in [0.25, 0.3) is 0 Å². The summed E-state index contributed by atoms with van der Waals surface area (Å²) < 4.78 is 10.2. The third-order valence-electron chi connectivity index (χ3n) is 2.06. The molecule has 0 saturated carbocycles. The summed E-state index contributed by atoms with van der Waals surface area (Å²) in [4.78, 5) is 11.2. The Hall–Kier alpha value is -0.980. The van der Waals surface area contributed by atoms with Crippen LogP contribution in [0.15, 0.2) is 10.5 Å². The summed E-state index contributed by atoms with van der Waals surface area (Å²) in [5, 5.41) is 0. The van der Waals surface area contributed by atoms with Crippen LogP contribution in [0, 0.1) is 6.92 Å². The second-order valence-corrected chi connectivity index (χ2v) is 4.32. The Morgan fingerprint density at radius 2 is 2.44 bits per heavy atom. The zero-order valence-electron chi connectivity index (χ0n) is 9.41. The minimum absolute atomic E-state index is 0.252. The van der Waals surface area contributed by atoms with E-state index in [-0.39, 0.29) is 5.76 Å². The summed E-state index contributed by atoms with van der Waals surface area (Å²) in [5.74, 6) is 7.34. The van der Waals surface area contributed by atoms with Crippen molar-refractivity contribution in [2.75, 3.05) is 19.5 Å². The fourth-order valence-corrected chi connectivity index (χ4v) is 2.11. The number of hydrogen-bond donors (Lipinski definition) is 2. The van der Waals surface area contributed by atoms with Gasteiger partial charge < -0.3 is 9.15 Å². The maximum Gasteiger partial charge on any atom is 0.300 e. The first kappa shape index (κ1) is 13.1. The first-order valence-electron chi connectivity index (χ1n) is 4.86. The highest BCUT2D eigenvalue weighted by atomic mass is 32.2. The van der Waals surface area contributed by atoms with Gasteiger partial charge in [-0.1, -0.05) is 0 Å². The van der Waals surface area contributed by atoms with E-state index in [9.17, 15) is 4.79 Å². The van der Waals surface area contributed by atoms with Crippen LogP contribution >= 0.6 is 11.8 Å². The maximum absolute atomic E-state index is 11.2. The molecule has 0 spiro atoms. The molecule has 1 aromatic heterocycles. The molecule has 0 aliphatic heterocycles. The number of rotatable bonds is 6. The number of carbonyl (C=O) groups is 1. The van der Waals surface area contributed by atoms with Crippen molar-refractivity contribution in [3.63, 3.8) is 0 Å². The molecule has 5 nitrogen and oxygen atoms in total. The van der Waals surface area contributed by atoms with E-state index in [1.54, 1.807) is 24.9 Å². The van der Waals surface area contributed by atoms with Crippen molar-refractivity contribution in [1.82, 2.24) is 5.43 Å². The number of nitrogens with one attached hydrogen (secondary N) is 1. The zero-order valence-corrected chi connectivity index (χ0v) is 10.2. The molecule has 1 heterocycles. The lowest BCUT2D eigenvalue weighted by Gasteiger charge is -1.98. The quantitative estimate of drug-likeness (QED) is 0.339. The molecule has 1 amide bonds. The van der Waals surface area contributed by atoms with E-state index in [0.717, 1.165) is 29.4 Å². The molecule has 0 saturated heterocycles. The van der Waals surface area contributed by atoms with Crippen LogP contribution in [-0.4, -0.2) is 25.4 Å². The van der Waals surface area contributed by atoms with Crippen molar-refractivity contribution in [1.29, 1.82) is 0 Å². The molecule has 6 heteroatoms. The summed E-state index contributed by atoms with van der Waals surface area (Å²) in [6, 6.07) is 1.72. The Morgan fingerprint density at radius 3 is 3.06 bits per heavy atom. The Balaban J connectivity index is 2.53. The Kier molecular flexibility index (Phi) is 5.37. The number of methoxy groups -OCH3 is 1. The SMILES string of the molecule is COCCSCc1cc(C(=O)NN)oc1C. The molecule has 0 radical (unpaired) electrons. The van der Waals surface area contributed by atoms with Gasteiger partial charge in [0.15, 0.2) is 5.76 Å². The van der Waals surface area contributed by atoms with Crippen LogP contribution in [0.5, 0.6) is 0 Å². The molecule has 16 heavy (non-hydrogen) atoms. The summed E-state index contributed by atoms with van der Waals surface area (Å²) in [6.07, 6.45) is 0. The fraction of sp³-hybridized carbons (Fsp3) is 0.500. The van der Waals surface area contributed by atoms with Crippen molar-refractivity contribution < 1.29 is 13.9 Å². The van der Waals surface area contributed by atoms with Crippen LogP contribution in [-0.2, 0) is 10.5 Å². The second-order valence-electron chi connectivity index (χ2n) is 3.21. The first-order valence-corrected chi connectivity index (χ1v) is 6.01. The Morgan fingerprint density at radius 1 is 1.69 bits per heavy atom. The van der Waals surface area contributed by atoms with E-state index in [1.165, 1.54) is 0 Å². The number of amides is 1. The van der Waals surface area contributed by atoms with E-state index in [0.29, 0.717) is 0 Å². The number of nitrogen functional groups attached to an aromatic ring is 1. The maximum atomic E-state index is 11.2. The van der Waals surface area contributed by atoms with E-state index in [4.69, 9.17) is 15.0 Å². The van der Waals surface area contributed by atoms with Gasteiger partial charge in [-0.15, -0.1) is 0 Å². The van der Waals surface area contributed by atoms with Crippen LogP contribution in [0.4, 0.5) is 0 Å². The molecule has 0 aliphatic rings. The number of hydrogen-bond acceptors (Lipinski definition) is 5. The van der Waals surface area contributed by atoms with Crippen LogP contribution in [0.1, 0.15) is 21.9 Å². The number of hydrazine groups is 1. The second kappa shape index (κ2) is 6.57. The lowest BCUT2D eigenvalue weighted by molar-refractivity contribution is 0.0924. The summed E-state index contributed by atoms with van der Waals surface area (Å²) in [7, 11) is 1.67. The van der Waals surface area contributed by atoms with Crippen molar-refractivity contribution >= 4 is 17.7 Å². The minimum atomic E-state index is -0.406. The predicted molar refractivity (Wildman–Crippen MR) is 63.1 cm³/mol. The molecule has 0 bridgehead atoms. The molecular formula is C10H16N2O3S. The van der Waals surface area contributed by atoms with E-state index in [2.05, 4.69) is 0 Å². The average Bonchev–Trinajstić information content (AvgIpc) is 2.65. The molecule has 1 rings (SSSR count). The minimum Gasteiger partial charge on any atom is -0.456 e. The Labute approximate surface area is 98.7 Å². The zero-order chi connectivity index (χ0) is 12.0. The third-order valence-corrected chi connectivity index (χ3v) is 3.04. The molecular weight excluding hydrogens is 228 g/mol. The topological polar surface area (TPSA) is 77.5 Å². The standard InChI is InChI=1S/C10H16N2O3S/c1-7-8(6-16-4-3-14-2)5-9(15-7)10(13)12-11/h5H,3-4,6,11H2,1-2H3,(H,12,13).